The molecule has 7 heteroatoms. The zero-order valence-corrected chi connectivity index (χ0v) is 17.0. The van der Waals surface area contributed by atoms with Crippen molar-refractivity contribution in [1.82, 2.24) is 19.7 Å². The van der Waals surface area contributed by atoms with E-state index in [-0.39, 0.29) is 17.7 Å². The van der Waals surface area contributed by atoms with Gasteiger partial charge in [-0.05, 0) is 36.2 Å². The largest absolute Gasteiger partial charge is 0.489 e. The van der Waals surface area contributed by atoms with Crippen molar-refractivity contribution in [1.29, 1.82) is 0 Å². The molecule has 2 aromatic carbocycles. The van der Waals surface area contributed by atoms with E-state index in [0.717, 1.165) is 28.6 Å². The molecule has 4 aromatic rings. The number of β-amino-alcohol motifs (C(OH)–C–C–N with tert-alkyl or cyclic N) is 1. The van der Waals surface area contributed by atoms with Crippen LogP contribution in [0.3, 0.4) is 0 Å². The summed E-state index contributed by atoms with van der Waals surface area (Å²) in [5, 5.41) is 18.5. The van der Waals surface area contributed by atoms with Gasteiger partial charge in [0.2, 0.25) is 0 Å². The van der Waals surface area contributed by atoms with E-state index in [2.05, 4.69) is 10.4 Å². The smallest absolute Gasteiger partial charge is 0.258 e. The molecule has 3 heterocycles. The van der Waals surface area contributed by atoms with Gasteiger partial charge in [0.05, 0.1) is 24.4 Å². The van der Waals surface area contributed by atoms with Gasteiger partial charge in [-0.2, -0.15) is 5.10 Å². The molecule has 0 amide bonds. The van der Waals surface area contributed by atoms with Crippen LogP contribution in [-0.2, 0) is 13.2 Å². The summed E-state index contributed by atoms with van der Waals surface area (Å²) >= 11 is 0. The monoisotopic (exact) mass is 416 g/mol. The Kier molecular flexibility index (Phi) is 5.28. The van der Waals surface area contributed by atoms with Gasteiger partial charge >= 0.3 is 0 Å². The van der Waals surface area contributed by atoms with Gasteiger partial charge in [-0.1, -0.05) is 30.3 Å². The Morgan fingerprint density at radius 2 is 2.00 bits per heavy atom. The molecular weight excluding hydrogens is 392 g/mol. The lowest BCUT2D eigenvalue weighted by Gasteiger charge is -2.12. The maximum Gasteiger partial charge on any atom is 0.258 e. The molecule has 2 aromatic heterocycles. The van der Waals surface area contributed by atoms with Gasteiger partial charge in [0, 0.05) is 35.9 Å². The van der Waals surface area contributed by atoms with Gasteiger partial charge in [-0.3, -0.25) is 14.0 Å². The fourth-order valence-electron chi connectivity index (χ4n) is 4.02. The van der Waals surface area contributed by atoms with Crippen LogP contribution in [-0.4, -0.2) is 38.1 Å². The number of benzene rings is 2. The first-order valence-corrected chi connectivity index (χ1v) is 10.4. The molecule has 2 atom stereocenters. The van der Waals surface area contributed by atoms with Crippen LogP contribution in [0.2, 0.25) is 0 Å². The summed E-state index contributed by atoms with van der Waals surface area (Å²) in [5.41, 5.74) is 2.68. The quantitative estimate of drug-likeness (QED) is 0.505. The normalized spacial score (nSPS) is 18.5. The third-order valence-electron chi connectivity index (χ3n) is 5.64. The Labute approximate surface area is 179 Å². The van der Waals surface area contributed by atoms with Crippen LogP contribution in [0.4, 0.5) is 0 Å². The lowest BCUT2D eigenvalue weighted by molar-refractivity contribution is 0.192. The molecular formula is C24H24N4O3. The summed E-state index contributed by atoms with van der Waals surface area (Å²) in [6.07, 6.45) is 3.99. The van der Waals surface area contributed by atoms with Crippen molar-refractivity contribution in [2.45, 2.75) is 31.7 Å². The lowest BCUT2D eigenvalue weighted by Crippen LogP contribution is -2.27. The first-order valence-electron chi connectivity index (χ1n) is 10.4. The molecule has 0 aliphatic carbocycles. The molecule has 0 radical (unpaired) electrons. The number of rotatable bonds is 6. The molecule has 1 fully saturated rings. The van der Waals surface area contributed by atoms with Crippen LogP contribution in [0.15, 0.2) is 77.9 Å². The summed E-state index contributed by atoms with van der Waals surface area (Å²) in [4.78, 5) is 12.7. The average Bonchev–Trinajstić information content (AvgIpc) is 3.38. The number of aliphatic hydroxyl groups excluding tert-OH is 1. The van der Waals surface area contributed by atoms with E-state index in [4.69, 9.17) is 4.74 Å². The highest BCUT2D eigenvalue weighted by molar-refractivity contribution is 5.81. The van der Waals surface area contributed by atoms with E-state index in [1.54, 1.807) is 16.8 Å². The average molecular weight is 416 g/mol. The minimum absolute atomic E-state index is 0.151. The van der Waals surface area contributed by atoms with Gasteiger partial charge in [0.15, 0.2) is 0 Å². The topological polar surface area (TPSA) is 81.3 Å². The zero-order valence-electron chi connectivity index (χ0n) is 17.0. The molecule has 1 saturated heterocycles. The van der Waals surface area contributed by atoms with Crippen LogP contribution in [0, 0.1) is 0 Å². The summed E-state index contributed by atoms with van der Waals surface area (Å²) in [5.74, 6) is 0.547. The molecule has 31 heavy (non-hydrogen) atoms. The van der Waals surface area contributed by atoms with Crippen molar-refractivity contribution >= 4 is 10.9 Å². The summed E-state index contributed by atoms with van der Waals surface area (Å²) in [6, 6.07) is 19.2. The molecule has 0 bridgehead atoms. The van der Waals surface area contributed by atoms with Crippen molar-refractivity contribution in [2.75, 3.05) is 6.54 Å². The number of fused-ring (bicyclic) bond motifs is 1. The second kappa shape index (κ2) is 8.37. The van der Waals surface area contributed by atoms with Crippen LogP contribution in [0.25, 0.3) is 16.6 Å². The summed E-state index contributed by atoms with van der Waals surface area (Å²) in [7, 11) is 0. The zero-order chi connectivity index (χ0) is 21.2. The lowest BCUT2D eigenvalue weighted by atomic mass is 10.2. The van der Waals surface area contributed by atoms with E-state index in [1.165, 1.54) is 6.07 Å². The van der Waals surface area contributed by atoms with Crippen molar-refractivity contribution in [3.8, 4) is 11.4 Å². The molecule has 2 N–H and O–H groups in total. The van der Waals surface area contributed by atoms with Crippen molar-refractivity contribution in [3.63, 3.8) is 0 Å². The fourth-order valence-corrected chi connectivity index (χ4v) is 4.02. The molecule has 1 aliphatic heterocycles. The number of nitrogens with zero attached hydrogens (tertiary/aromatic N) is 3. The summed E-state index contributed by atoms with van der Waals surface area (Å²) < 4.78 is 9.30. The van der Waals surface area contributed by atoms with Gasteiger partial charge in [-0.25, -0.2) is 0 Å². The highest BCUT2D eigenvalue weighted by atomic mass is 16.5. The molecule has 7 nitrogen and oxygen atoms in total. The third kappa shape index (κ3) is 4.23. The third-order valence-corrected chi connectivity index (χ3v) is 5.64. The predicted molar refractivity (Wildman–Crippen MR) is 119 cm³/mol. The second-order valence-electron chi connectivity index (χ2n) is 7.91. The van der Waals surface area contributed by atoms with E-state index in [1.807, 2.05) is 59.4 Å². The number of hydrogen-bond acceptors (Lipinski definition) is 5. The summed E-state index contributed by atoms with van der Waals surface area (Å²) in [6.45, 7) is 1.75. The van der Waals surface area contributed by atoms with Gasteiger partial charge in [0.25, 0.3) is 5.56 Å². The second-order valence-corrected chi connectivity index (χ2v) is 7.91. The van der Waals surface area contributed by atoms with Gasteiger partial charge in [0.1, 0.15) is 12.4 Å². The predicted octanol–water partition coefficient (Wildman–Crippen LogP) is 2.49. The number of pyridine rings is 1. The molecule has 1 aliphatic rings. The standard InChI is InChI=1S/C24H24N4O3/c29-21-11-19(25-14-21)15-28-23-7-6-20(10-18(23)13-26-28)27-9-8-22(12-24(27)30)31-16-17-4-2-1-3-5-17/h1-10,12-13,19,21,25,29H,11,14-16H2/t19-,21+/m0/s1. The number of ether oxygens (including phenoxy) is 1. The number of nitrogens with one attached hydrogen (secondary N) is 1. The molecule has 5 rings (SSSR count). The van der Waals surface area contributed by atoms with Gasteiger partial charge in [-0.15, -0.1) is 0 Å². The first-order chi connectivity index (χ1) is 15.2. The van der Waals surface area contributed by atoms with Crippen molar-refractivity contribution in [3.05, 3.63) is 89.0 Å². The molecule has 0 saturated carbocycles. The van der Waals surface area contributed by atoms with Crippen LogP contribution in [0.1, 0.15) is 12.0 Å². The van der Waals surface area contributed by atoms with E-state index >= 15 is 0 Å². The molecule has 0 unspecified atom stereocenters. The first kappa shape index (κ1) is 19.5. The van der Waals surface area contributed by atoms with E-state index in [0.29, 0.717) is 25.4 Å². The maximum absolute atomic E-state index is 12.7. The van der Waals surface area contributed by atoms with Crippen LogP contribution in [0.5, 0.6) is 5.75 Å². The number of aromatic nitrogens is 3. The highest BCUT2D eigenvalue weighted by Gasteiger charge is 2.23. The maximum atomic E-state index is 12.7. The van der Waals surface area contributed by atoms with Crippen LogP contribution >= 0.6 is 0 Å². The fraction of sp³-hybridized carbons (Fsp3) is 0.250. The molecule has 158 valence electrons. The highest BCUT2D eigenvalue weighted by Crippen LogP contribution is 2.20. The Hall–Kier alpha value is -3.42. The Morgan fingerprint density at radius 1 is 1.13 bits per heavy atom. The van der Waals surface area contributed by atoms with Crippen molar-refractivity contribution in [2.24, 2.45) is 0 Å². The Balaban J connectivity index is 1.33. The number of aliphatic hydroxyl groups is 1. The van der Waals surface area contributed by atoms with E-state index in [9.17, 15) is 9.90 Å². The van der Waals surface area contributed by atoms with E-state index < -0.39 is 0 Å². The Bertz CT molecular complexity index is 1250. The molecule has 0 spiro atoms. The Morgan fingerprint density at radius 3 is 2.77 bits per heavy atom. The minimum atomic E-state index is -0.287. The van der Waals surface area contributed by atoms with Gasteiger partial charge < -0.3 is 15.2 Å². The van der Waals surface area contributed by atoms with Crippen molar-refractivity contribution < 1.29 is 9.84 Å². The number of hydrogen-bond donors (Lipinski definition) is 2. The van der Waals surface area contributed by atoms with Crippen LogP contribution < -0.4 is 15.6 Å². The minimum Gasteiger partial charge on any atom is -0.489 e. The SMILES string of the molecule is O=c1cc(OCc2ccccc2)ccn1-c1ccc2c(cnn2C[C@@H]2C[C@@H](O)CN2)c1.